The molecule has 0 radical (unpaired) electrons. The van der Waals surface area contributed by atoms with E-state index >= 15 is 0 Å². The van der Waals surface area contributed by atoms with Crippen molar-refractivity contribution in [1.82, 2.24) is 10.6 Å². The molecule has 1 amide bonds. The third-order valence-electron chi connectivity index (χ3n) is 2.39. The number of carbonyl (C=O) groups excluding carboxylic acids is 1. The summed E-state index contributed by atoms with van der Waals surface area (Å²) in [5.41, 5.74) is 0.840. The first-order chi connectivity index (χ1) is 7.63. The van der Waals surface area contributed by atoms with Gasteiger partial charge in [0.2, 0.25) is 0 Å². The summed E-state index contributed by atoms with van der Waals surface area (Å²) in [6.45, 7) is 8.41. The Bertz CT molecular complexity index is 278. The molecule has 0 aromatic carbocycles. The van der Waals surface area contributed by atoms with E-state index in [9.17, 15) is 9.90 Å². The maximum atomic E-state index is 11.1. The van der Waals surface area contributed by atoms with Crippen LogP contribution in [0, 0.1) is 0 Å². The van der Waals surface area contributed by atoms with Crippen LogP contribution in [0.5, 0.6) is 0 Å². The van der Waals surface area contributed by atoms with Gasteiger partial charge in [-0.3, -0.25) is 0 Å². The fraction of sp³-hybridized carbons (Fsp3) is 0.545. The van der Waals surface area contributed by atoms with Gasteiger partial charge in [0.25, 0.3) is 0 Å². The zero-order chi connectivity index (χ0) is 12.0. The van der Waals surface area contributed by atoms with E-state index in [1.807, 2.05) is 0 Å². The maximum Gasteiger partial charge on any atom is 0.407 e. The SMILES string of the molecule is C=CCOC(=O)NCC(=C)[C@@H]1C[C@@H](O)CN1. The van der Waals surface area contributed by atoms with E-state index in [0.717, 1.165) is 5.57 Å². The molecule has 16 heavy (non-hydrogen) atoms. The van der Waals surface area contributed by atoms with Crippen LogP contribution in [0.4, 0.5) is 4.79 Å². The Hall–Kier alpha value is -1.33. The minimum absolute atomic E-state index is 0.0645. The molecule has 0 unspecified atom stereocenters. The summed E-state index contributed by atoms with van der Waals surface area (Å²) in [6.07, 6.45) is 1.33. The second-order valence-corrected chi connectivity index (χ2v) is 3.75. The monoisotopic (exact) mass is 226 g/mol. The van der Waals surface area contributed by atoms with Crippen molar-refractivity contribution < 1.29 is 14.6 Å². The summed E-state index contributed by atoms with van der Waals surface area (Å²) in [6, 6.07) is 0.0645. The molecule has 1 fully saturated rings. The van der Waals surface area contributed by atoms with Crippen molar-refractivity contribution in [2.24, 2.45) is 0 Å². The molecule has 2 atom stereocenters. The predicted molar refractivity (Wildman–Crippen MR) is 61.1 cm³/mol. The van der Waals surface area contributed by atoms with Crippen LogP contribution in [0.3, 0.4) is 0 Å². The van der Waals surface area contributed by atoms with Crippen LogP contribution in [0.2, 0.25) is 0 Å². The van der Waals surface area contributed by atoms with Gasteiger partial charge in [-0.05, 0) is 12.0 Å². The first kappa shape index (κ1) is 12.7. The fourth-order valence-electron chi connectivity index (χ4n) is 1.52. The first-order valence-corrected chi connectivity index (χ1v) is 5.24. The molecule has 0 bridgehead atoms. The van der Waals surface area contributed by atoms with Crippen LogP contribution in [-0.2, 0) is 4.74 Å². The molecule has 0 saturated carbocycles. The number of carbonyl (C=O) groups is 1. The number of β-amino-alcohol motifs (C(OH)–C–C–N with tert-alkyl or cyclic N) is 1. The molecular formula is C11H18N2O3. The van der Waals surface area contributed by atoms with Crippen LogP contribution in [-0.4, -0.2) is 43.0 Å². The average molecular weight is 226 g/mol. The summed E-state index contributed by atoms with van der Waals surface area (Å²) in [5.74, 6) is 0. The van der Waals surface area contributed by atoms with Crippen LogP contribution in [0.25, 0.3) is 0 Å². The molecule has 5 heteroatoms. The highest BCUT2D eigenvalue weighted by atomic mass is 16.5. The van der Waals surface area contributed by atoms with Crippen molar-refractivity contribution in [2.45, 2.75) is 18.6 Å². The van der Waals surface area contributed by atoms with E-state index in [1.54, 1.807) is 0 Å². The van der Waals surface area contributed by atoms with E-state index in [0.29, 0.717) is 19.5 Å². The summed E-state index contributed by atoms with van der Waals surface area (Å²) in [5, 5.41) is 15.0. The third kappa shape index (κ3) is 4.04. The average Bonchev–Trinajstić information content (AvgIpc) is 2.69. The lowest BCUT2D eigenvalue weighted by molar-refractivity contribution is 0.159. The molecule has 0 aliphatic carbocycles. The largest absolute Gasteiger partial charge is 0.445 e. The summed E-state index contributed by atoms with van der Waals surface area (Å²) >= 11 is 0. The van der Waals surface area contributed by atoms with E-state index in [1.165, 1.54) is 6.08 Å². The molecule has 1 rings (SSSR count). The highest BCUT2D eigenvalue weighted by Gasteiger charge is 2.24. The first-order valence-electron chi connectivity index (χ1n) is 5.24. The van der Waals surface area contributed by atoms with Crippen molar-refractivity contribution in [3.8, 4) is 0 Å². The zero-order valence-electron chi connectivity index (χ0n) is 9.24. The number of amides is 1. The Balaban J connectivity index is 2.19. The van der Waals surface area contributed by atoms with Crippen molar-refractivity contribution in [3.63, 3.8) is 0 Å². The molecular weight excluding hydrogens is 208 g/mol. The van der Waals surface area contributed by atoms with Gasteiger partial charge >= 0.3 is 6.09 Å². The highest BCUT2D eigenvalue weighted by Crippen LogP contribution is 2.12. The van der Waals surface area contributed by atoms with Crippen molar-refractivity contribution in [2.75, 3.05) is 19.7 Å². The van der Waals surface area contributed by atoms with Crippen LogP contribution < -0.4 is 10.6 Å². The quantitative estimate of drug-likeness (QED) is 0.585. The lowest BCUT2D eigenvalue weighted by atomic mass is 10.1. The Morgan fingerprint density at radius 3 is 3.00 bits per heavy atom. The molecule has 90 valence electrons. The molecule has 0 aromatic rings. The highest BCUT2D eigenvalue weighted by molar-refractivity contribution is 5.67. The lowest BCUT2D eigenvalue weighted by Gasteiger charge is -2.14. The summed E-state index contributed by atoms with van der Waals surface area (Å²) in [4.78, 5) is 11.1. The Labute approximate surface area is 95.2 Å². The summed E-state index contributed by atoms with van der Waals surface area (Å²) in [7, 11) is 0. The molecule has 1 heterocycles. The van der Waals surface area contributed by atoms with Crippen molar-refractivity contribution in [3.05, 3.63) is 24.8 Å². The smallest absolute Gasteiger partial charge is 0.407 e. The second-order valence-electron chi connectivity index (χ2n) is 3.75. The van der Waals surface area contributed by atoms with Gasteiger partial charge in [-0.25, -0.2) is 4.79 Å². The normalized spacial score (nSPS) is 23.8. The minimum Gasteiger partial charge on any atom is -0.445 e. The lowest BCUT2D eigenvalue weighted by Crippen LogP contribution is -2.32. The number of rotatable bonds is 5. The minimum atomic E-state index is -0.486. The zero-order valence-corrected chi connectivity index (χ0v) is 9.24. The molecule has 0 spiro atoms. The number of aliphatic hydroxyl groups excluding tert-OH is 1. The Kier molecular flexibility index (Phi) is 5.01. The second kappa shape index (κ2) is 6.30. The van der Waals surface area contributed by atoms with Crippen LogP contribution in [0.15, 0.2) is 24.8 Å². The van der Waals surface area contributed by atoms with Gasteiger partial charge in [-0.1, -0.05) is 19.2 Å². The van der Waals surface area contributed by atoms with Gasteiger partial charge in [0.1, 0.15) is 6.61 Å². The van der Waals surface area contributed by atoms with E-state index < -0.39 is 6.09 Å². The molecule has 1 aliphatic heterocycles. The number of nitrogens with one attached hydrogen (secondary N) is 2. The molecule has 0 aromatic heterocycles. The van der Waals surface area contributed by atoms with Crippen LogP contribution >= 0.6 is 0 Å². The van der Waals surface area contributed by atoms with Gasteiger partial charge in [-0.15, -0.1) is 0 Å². The van der Waals surface area contributed by atoms with Crippen molar-refractivity contribution in [1.29, 1.82) is 0 Å². The van der Waals surface area contributed by atoms with Gasteiger partial charge in [-0.2, -0.15) is 0 Å². The van der Waals surface area contributed by atoms with E-state index in [4.69, 9.17) is 4.74 Å². The standard InChI is InChI=1S/C11H18N2O3/c1-3-4-16-11(15)13-6-8(2)10-5-9(14)7-12-10/h3,9-10,12,14H,1-2,4-7H2,(H,13,15)/t9-,10+/m1/s1. The molecule has 1 aliphatic rings. The van der Waals surface area contributed by atoms with E-state index in [2.05, 4.69) is 23.8 Å². The number of alkyl carbamates (subject to hydrolysis) is 1. The number of ether oxygens (including phenoxy) is 1. The third-order valence-corrected chi connectivity index (χ3v) is 2.39. The predicted octanol–water partition coefficient (Wildman–Crippen LogP) is 0.178. The Morgan fingerprint density at radius 1 is 1.69 bits per heavy atom. The van der Waals surface area contributed by atoms with Gasteiger partial charge in [0.15, 0.2) is 0 Å². The summed E-state index contributed by atoms with van der Waals surface area (Å²) < 4.78 is 4.75. The van der Waals surface area contributed by atoms with Crippen molar-refractivity contribution >= 4 is 6.09 Å². The number of hydrogen-bond acceptors (Lipinski definition) is 4. The Morgan fingerprint density at radius 2 is 2.44 bits per heavy atom. The van der Waals surface area contributed by atoms with Gasteiger partial charge < -0.3 is 20.5 Å². The van der Waals surface area contributed by atoms with Gasteiger partial charge in [0, 0.05) is 19.1 Å². The number of aliphatic hydroxyl groups is 1. The van der Waals surface area contributed by atoms with Gasteiger partial charge in [0.05, 0.1) is 6.10 Å². The topological polar surface area (TPSA) is 70.6 Å². The molecule has 5 nitrogen and oxygen atoms in total. The number of hydrogen-bond donors (Lipinski definition) is 3. The molecule has 1 saturated heterocycles. The fourth-order valence-corrected chi connectivity index (χ4v) is 1.52. The maximum absolute atomic E-state index is 11.1. The molecule has 3 N–H and O–H groups in total. The van der Waals surface area contributed by atoms with Crippen LogP contribution in [0.1, 0.15) is 6.42 Å². The van der Waals surface area contributed by atoms with E-state index in [-0.39, 0.29) is 18.8 Å².